The van der Waals surface area contributed by atoms with Crippen molar-refractivity contribution in [1.82, 2.24) is 0 Å². The second-order valence-corrected chi connectivity index (χ2v) is 6.48. The molecule has 0 N–H and O–H groups in total. The van der Waals surface area contributed by atoms with Gasteiger partial charge in [-0.1, -0.05) is 97.8 Å². The van der Waals surface area contributed by atoms with Crippen LogP contribution in [0.25, 0.3) is 0 Å². The maximum Gasteiger partial charge on any atom is 0.315 e. The molecule has 2 nitrogen and oxygen atoms in total. The van der Waals surface area contributed by atoms with Gasteiger partial charge in [-0.25, -0.2) is 9.13 Å². The van der Waals surface area contributed by atoms with E-state index in [0.717, 1.165) is 0 Å². The third-order valence-electron chi connectivity index (χ3n) is 3.22. The van der Waals surface area contributed by atoms with Gasteiger partial charge in [0.25, 0.3) is 0 Å². The van der Waals surface area contributed by atoms with Crippen molar-refractivity contribution in [3.63, 3.8) is 0 Å². The summed E-state index contributed by atoms with van der Waals surface area (Å²) in [4.78, 5) is 0. The average Bonchev–Trinajstić information content (AvgIpc) is 2.41. The number of hydrogen-bond acceptors (Lipinski definition) is 2. The standard InChI is InChI=1S/C14H30.C2H5O2P/c1-3-5-7-9-11-13-14-12-10-8-6-4-2;1-2-5(3)4/h3-14H2,1-2H3;2H2,1H3. The Labute approximate surface area is 121 Å². The Bertz CT molecular complexity index is 193. The fourth-order valence-electron chi connectivity index (χ4n) is 1.91. The predicted molar refractivity (Wildman–Crippen MR) is 85.6 cm³/mol. The Balaban J connectivity index is 0. The number of unbranched alkanes of at least 4 members (excludes halogenated alkanes) is 11. The van der Waals surface area contributed by atoms with Crippen LogP contribution in [0.3, 0.4) is 0 Å². The van der Waals surface area contributed by atoms with Crippen LogP contribution in [0.4, 0.5) is 0 Å². The van der Waals surface area contributed by atoms with Crippen LogP contribution in [-0.2, 0) is 9.13 Å². The van der Waals surface area contributed by atoms with Gasteiger partial charge in [-0.15, -0.1) is 0 Å². The summed E-state index contributed by atoms with van der Waals surface area (Å²) in [6.45, 7) is 6.17. The summed E-state index contributed by atoms with van der Waals surface area (Å²) in [5.41, 5.74) is 0. The van der Waals surface area contributed by atoms with Gasteiger partial charge in [0, 0.05) is 0 Å². The predicted octanol–water partition coefficient (Wildman–Crippen LogP) is 6.89. The highest BCUT2D eigenvalue weighted by molar-refractivity contribution is 7.30. The van der Waals surface area contributed by atoms with Crippen LogP contribution >= 0.6 is 7.68 Å². The normalized spacial score (nSPS) is 9.84. The van der Waals surface area contributed by atoms with E-state index in [0.29, 0.717) is 0 Å². The molecule has 0 amide bonds. The van der Waals surface area contributed by atoms with Crippen molar-refractivity contribution >= 4 is 7.68 Å². The van der Waals surface area contributed by atoms with Crippen molar-refractivity contribution in [1.29, 1.82) is 0 Å². The molecule has 0 atom stereocenters. The zero-order valence-corrected chi connectivity index (χ0v) is 14.4. The molecule has 0 spiro atoms. The molecule has 116 valence electrons. The minimum absolute atomic E-state index is 0.259. The van der Waals surface area contributed by atoms with E-state index in [1.54, 1.807) is 6.92 Å². The van der Waals surface area contributed by atoms with Crippen LogP contribution in [0.15, 0.2) is 0 Å². The SMILES string of the molecule is CCCCCCCCCCCCCC.CCP(=O)=O. The highest BCUT2D eigenvalue weighted by Gasteiger charge is 1.91. The van der Waals surface area contributed by atoms with E-state index in [4.69, 9.17) is 0 Å². The van der Waals surface area contributed by atoms with Gasteiger partial charge < -0.3 is 0 Å². The first-order chi connectivity index (χ1) is 9.18. The molecule has 0 aliphatic carbocycles. The molecular weight excluding hydrogens is 255 g/mol. The molecule has 0 saturated heterocycles. The van der Waals surface area contributed by atoms with E-state index in [9.17, 15) is 9.13 Å². The second-order valence-electron chi connectivity index (χ2n) is 5.18. The minimum atomic E-state index is -2.10. The van der Waals surface area contributed by atoms with Gasteiger partial charge in [-0.05, 0) is 0 Å². The highest BCUT2D eigenvalue weighted by Crippen LogP contribution is 2.11. The maximum atomic E-state index is 9.41. The molecular formula is C16H35O2P. The zero-order chi connectivity index (χ0) is 14.8. The van der Waals surface area contributed by atoms with Crippen LogP contribution < -0.4 is 0 Å². The lowest BCUT2D eigenvalue weighted by Crippen LogP contribution is -1.81. The number of rotatable bonds is 12. The van der Waals surface area contributed by atoms with Gasteiger partial charge in [0.2, 0.25) is 0 Å². The quantitative estimate of drug-likeness (QED) is 0.290. The highest BCUT2D eigenvalue weighted by atomic mass is 31.1. The lowest BCUT2D eigenvalue weighted by Gasteiger charge is -2.01. The number of hydrogen-bond donors (Lipinski definition) is 0. The topological polar surface area (TPSA) is 34.1 Å². The molecule has 0 aliphatic rings. The van der Waals surface area contributed by atoms with Crippen molar-refractivity contribution in [2.45, 2.75) is 97.8 Å². The summed E-state index contributed by atoms with van der Waals surface area (Å²) >= 11 is 0. The van der Waals surface area contributed by atoms with Crippen LogP contribution in [-0.4, -0.2) is 6.16 Å². The van der Waals surface area contributed by atoms with Crippen molar-refractivity contribution < 1.29 is 9.13 Å². The first kappa shape index (κ1) is 21.2. The van der Waals surface area contributed by atoms with E-state index < -0.39 is 7.68 Å². The molecule has 3 heteroatoms. The minimum Gasteiger partial charge on any atom is -0.237 e. The largest absolute Gasteiger partial charge is 0.315 e. The van der Waals surface area contributed by atoms with Crippen molar-refractivity contribution in [2.75, 3.05) is 6.16 Å². The summed E-state index contributed by atoms with van der Waals surface area (Å²) in [5, 5.41) is 0. The molecule has 0 radical (unpaired) electrons. The monoisotopic (exact) mass is 290 g/mol. The molecule has 0 aromatic rings. The van der Waals surface area contributed by atoms with Gasteiger partial charge in [0.15, 0.2) is 0 Å². The first-order valence-corrected chi connectivity index (χ1v) is 9.67. The molecule has 0 unspecified atom stereocenters. The summed E-state index contributed by atoms with van der Waals surface area (Å²) in [5.74, 6) is 0. The smallest absolute Gasteiger partial charge is 0.237 e. The van der Waals surface area contributed by atoms with Crippen molar-refractivity contribution in [2.24, 2.45) is 0 Å². The Morgan fingerprint density at radius 3 is 0.895 bits per heavy atom. The molecule has 0 rings (SSSR count). The average molecular weight is 290 g/mol. The summed E-state index contributed by atoms with van der Waals surface area (Å²) in [7, 11) is -2.10. The van der Waals surface area contributed by atoms with Crippen molar-refractivity contribution in [3.05, 3.63) is 0 Å². The second kappa shape index (κ2) is 20.2. The zero-order valence-electron chi connectivity index (χ0n) is 13.5. The molecule has 0 fully saturated rings. The van der Waals surface area contributed by atoms with Gasteiger partial charge >= 0.3 is 7.68 Å². The molecule has 0 heterocycles. The van der Waals surface area contributed by atoms with Gasteiger partial charge in [0.1, 0.15) is 0 Å². The molecule has 0 aromatic heterocycles. The first-order valence-electron chi connectivity index (χ1n) is 8.30. The third-order valence-corrected chi connectivity index (χ3v) is 3.73. The Hall–Kier alpha value is -0.100. The fourth-order valence-corrected chi connectivity index (χ4v) is 1.91. The maximum absolute atomic E-state index is 9.41. The Morgan fingerprint density at radius 1 is 0.526 bits per heavy atom. The van der Waals surface area contributed by atoms with Gasteiger partial charge in [-0.3, -0.25) is 0 Å². The van der Waals surface area contributed by atoms with Crippen LogP contribution in [0.1, 0.15) is 97.8 Å². The van der Waals surface area contributed by atoms with Crippen LogP contribution in [0, 0.1) is 0 Å². The lowest BCUT2D eigenvalue weighted by atomic mass is 10.1. The van der Waals surface area contributed by atoms with E-state index in [1.807, 2.05) is 0 Å². The van der Waals surface area contributed by atoms with Gasteiger partial charge in [-0.2, -0.15) is 0 Å². The van der Waals surface area contributed by atoms with E-state index >= 15 is 0 Å². The van der Waals surface area contributed by atoms with Crippen molar-refractivity contribution in [3.8, 4) is 0 Å². The third kappa shape index (κ3) is 27.2. The fraction of sp³-hybridized carbons (Fsp3) is 1.00. The van der Waals surface area contributed by atoms with Crippen LogP contribution in [0.2, 0.25) is 0 Å². The molecule has 0 aliphatic heterocycles. The molecule has 19 heavy (non-hydrogen) atoms. The molecule has 0 saturated carbocycles. The molecule has 0 aromatic carbocycles. The van der Waals surface area contributed by atoms with Crippen LogP contribution in [0.5, 0.6) is 0 Å². The van der Waals surface area contributed by atoms with Gasteiger partial charge in [0.05, 0.1) is 6.16 Å². The van der Waals surface area contributed by atoms with E-state index in [-0.39, 0.29) is 6.16 Å². The Kier molecular flexibility index (Phi) is 22.6. The summed E-state index contributed by atoms with van der Waals surface area (Å²) in [6, 6.07) is 0. The molecule has 0 bridgehead atoms. The lowest BCUT2D eigenvalue weighted by molar-refractivity contribution is 0.516. The Morgan fingerprint density at radius 2 is 0.737 bits per heavy atom. The summed E-state index contributed by atoms with van der Waals surface area (Å²) < 4.78 is 18.8. The van der Waals surface area contributed by atoms with E-state index in [1.165, 1.54) is 77.0 Å². The van der Waals surface area contributed by atoms with E-state index in [2.05, 4.69) is 13.8 Å². The summed E-state index contributed by atoms with van der Waals surface area (Å²) in [6.07, 6.45) is 17.7.